The summed E-state index contributed by atoms with van der Waals surface area (Å²) in [6, 6.07) is 71.2. The van der Waals surface area contributed by atoms with Crippen molar-refractivity contribution in [3.05, 3.63) is 217 Å². The van der Waals surface area contributed by atoms with Crippen LogP contribution >= 0.6 is 0 Å². The first-order valence-electron chi connectivity index (χ1n) is 24.3. The maximum atomic E-state index is 14.5. The number of sulfone groups is 1. The van der Waals surface area contributed by atoms with Crippen LogP contribution in [0, 0.1) is 34.0 Å². The van der Waals surface area contributed by atoms with Crippen LogP contribution < -0.4 is 25.9 Å². The standard InChI is InChI=1S/C63H33BN6O4S/c65-34-37-30-38(35-66)63(39(31-37)36-67)75(71,72)43-28-26-41(27-29-43)69-50-22-10-5-17-45(50)57-61(69)56-44-16-4-9-21-49(44)68(40-14-2-1-3-15-40)60(56)58-46-18-6-11-23-51(46)70(62(57)58)42-32-54-59-55(33-42)74-53-25-13-8-20-48(53)64(59)47-19-7-12-24-52(47)73-54/h1-33H. The lowest BCUT2D eigenvalue weighted by molar-refractivity contribution is 0.464. The molecule has 3 aromatic heterocycles. The molecular formula is C63H33BN6O4S. The zero-order valence-electron chi connectivity index (χ0n) is 39.4. The molecule has 10 nitrogen and oxygen atoms in total. The van der Waals surface area contributed by atoms with E-state index in [1.807, 2.05) is 54.6 Å². The molecule has 0 aliphatic carbocycles. The number of aromatic nitrogens is 3. The van der Waals surface area contributed by atoms with Gasteiger partial charge in [-0.25, -0.2) is 8.42 Å². The molecule has 13 aromatic rings. The number of ether oxygens (including phenoxy) is 2. The van der Waals surface area contributed by atoms with Gasteiger partial charge in [0.1, 0.15) is 40.0 Å². The van der Waals surface area contributed by atoms with Crippen molar-refractivity contribution >= 4 is 98.4 Å². The molecule has 0 amide bonds. The zero-order chi connectivity index (χ0) is 50.3. The second kappa shape index (κ2) is 15.6. The van der Waals surface area contributed by atoms with Crippen LogP contribution in [0.3, 0.4) is 0 Å². The van der Waals surface area contributed by atoms with E-state index in [4.69, 9.17) is 9.47 Å². The Bertz CT molecular complexity index is 4850. The molecule has 2 aliphatic rings. The average molecular weight is 981 g/mol. The molecule has 2 aliphatic heterocycles. The third-order valence-corrected chi connectivity index (χ3v) is 16.9. The highest BCUT2D eigenvalue weighted by Crippen LogP contribution is 2.51. The van der Waals surface area contributed by atoms with Crippen molar-refractivity contribution in [3.8, 4) is 58.3 Å². The van der Waals surface area contributed by atoms with E-state index < -0.39 is 14.7 Å². The van der Waals surface area contributed by atoms with Crippen LogP contribution in [-0.2, 0) is 9.84 Å². The molecular weight excluding hydrogens is 948 g/mol. The summed E-state index contributed by atoms with van der Waals surface area (Å²) in [4.78, 5) is -0.538. The summed E-state index contributed by atoms with van der Waals surface area (Å²) in [6.07, 6.45) is 0. The predicted molar refractivity (Wildman–Crippen MR) is 293 cm³/mol. The van der Waals surface area contributed by atoms with Crippen LogP contribution in [-0.4, -0.2) is 28.8 Å². The van der Waals surface area contributed by atoms with Gasteiger partial charge in [0.2, 0.25) is 9.84 Å². The van der Waals surface area contributed by atoms with E-state index in [1.54, 1.807) is 12.1 Å². The fourth-order valence-electron chi connectivity index (χ4n) is 12.1. The Labute approximate surface area is 428 Å². The minimum absolute atomic E-state index is 0.0185. The molecule has 0 spiro atoms. The van der Waals surface area contributed by atoms with Crippen molar-refractivity contribution in [2.75, 3.05) is 0 Å². The Morgan fingerprint density at radius 2 is 0.827 bits per heavy atom. The molecule has 5 heterocycles. The van der Waals surface area contributed by atoms with Crippen molar-refractivity contribution < 1.29 is 17.9 Å². The lowest BCUT2D eigenvalue weighted by Crippen LogP contribution is -2.57. The fourth-order valence-corrected chi connectivity index (χ4v) is 13.6. The molecule has 348 valence electrons. The van der Waals surface area contributed by atoms with Crippen LogP contribution in [0.15, 0.2) is 210 Å². The molecule has 0 fully saturated rings. The number of nitriles is 3. The normalized spacial score (nSPS) is 12.5. The molecule has 12 heteroatoms. The fraction of sp³-hybridized carbons (Fsp3) is 0. The molecule has 0 saturated heterocycles. The molecule has 0 radical (unpaired) electrons. The van der Waals surface area contributed by atoms with Crippen LogP contribution in [0.4, 0.5) is 0 Å². The van der Waals surface area contributed by atoms with Gasteiger partial charge >= 0.3 is 0 Å². The molecule has 0 atom stereocenters. The largest absolute Gasteiger partial charge is 0.458 e. The molecule has 0 saturated carbocycles. The maximum Gasteiger partial charge on any atom is 0.260 e. The second-order valence-electron chi connectivity index (χ2n) is 18.9. The van der Waals surface area contributed by atoms with Crippen LogP contribution in [0.25, 0.3) is 82.5 Å². The van der Waals surface area contributed by atoms with Gasteiger partial charge < -0.3 is 23.2 Å². The number of rotatable bonds is 5. The van der Waals surface area contributed by atoms with Crippen LogP contribution in [0.1, 0.15) is 16.7 Å². The minimum Gasteiger partial charge on any atom is -0.458 e. The Morgan fingerprint density at radius 1 is 0.413 bits per heavy atom. The quantitative estimate of drug-likeness (QED) is 0.156. The molecule has 15 rings (SSSR count). The highest BCUT2D eigenvalue weighted by Gasteiger charge is 2.41. The van der Waals surface area contributed by atoms with Crippen molar-refractivity contribution in [1.29, 1.82) is 15.8 Å². The average Bonchev–Trinajstić information content (AvgIpc) is 4.11. The highest BCUT2D eigenvalue weighted by atomic mass is 32.2. The Hall–Kier alpha value is -10.3. The summed E-state index contributed by atoms with van der Waals surface area (Å²) < 4.78 is 49.8. The number of para-hydroxylation sites is 6. The lowest BCUT2D eigenvalue weighted by atomic mass is 9.35. The Kier molecular flexibility index (Phi) is 8.81. The summed E-state index contributed by atoms with van der Waals surface area (Å²) in [5.74, 6) is 3.01. The molecule has 75 heavy (non-hydrogen) atoms. The zero-order valence-corrected chi connectivity index (χ0v) is 40.2. The predicted octanol–water partition coefficient (Wildman–Crippen LogP) is 12.2. The first-order chi connectivity index (χ1) is 36.9. The third kappa shape index (κ3) is 5.78. The maximum absolute atomic E-state index is 14.5. The summed E-state index contributed by atoms with van der Waals surface area (Å²) in [6.45, 7) is -0.102. The van der Waals surface area contributed by atoms with E-state index in [0.29, 0.717) is 17.2 Å². The van der Waals surface area contributed by atoms with E-state index >= 15 is 0 Å². The van der Waals surface area contributed by atoms with Gasteiger partial charge in [-0.05, 0) is 89.8 Å². The number of hydrogen-bond donors (Lipinski definition) is 0. The third-order valence-electron chi connectivity index (χ3n) is 15.0. The van der Waals surface area contributed by atoms with E-state index in [-0.39, 0.29) is 28.3 Å². The van der Waals surface area contributed by atoms with E-state index in [0.717, 1.165) is 105 Å². The molecule has 0 bridgehead atoms. The van der Waals surface area contributed by atoms with Crippen LogP contribution in [0.5, 0.6) is 23.0 Å². The minimum atomic E-state index is -4.43. The molecule has 0 unspecified atom stereocenters. The number of nitrogens with zero attached hydrogens (tertiary/aromatic N) is 6. The smallest absolute Gasteiger partial charge is 0.260 e. The van der Waals surface area contributed by atoms with E-state index in [2.05, 4.69) is 141 Å². The number of hydrogen-bond acceptors (Lipinski definition) is 7. The summed E-state index contributed by atoms with van der Waals surface area (Å²) in [5.41, 5.74) is 10.8. The Balaban J connectivity index is 1.08. The van der Waals surface area contributed by atoms with Crippen molar-refractivity contribution in [2.24, 2.45) is 0 Å². The first-order valence-corrected chi connectivity index (χ1v) is 25.8. The summed E-state index contributed by atoms with van der Waals surface area (Å²) in [5, 5.41) is 35.9. The van der Waals surface area contributed by atoms with Gasteiger partial charge in [0.15, 0.2) is 0 Å². The second-order valence-corrected chi connectivity index (χ2v) is 20.8. The van der Waals surface area contributed by atoms with Gasteiger partial charge in [-0.15, -0.1) is 0 Å². The molecule has 0 N–H and O–H groups in total. The number of fused-ring (bicyclic) bond motifs is 16. The van der Waals surface area contributed by atoms with Crippen molar-refractivity contribution in [2.45, 2.75) is 9.79 Å². The van der Waals surface area contributed by atoms with E-state index in [9.17, 15) is 24.2 Å². The summed E-state index contributed by atoms with van der Waals surface area (Å²) in [7, 11) is -4.43. The number of benzene rings is 10. The van der Waals surface area contributed by atoms with Crippen molar-refractivity contribution in [3.63, 3.8) is 0 Å². The van der Waals surface area contributed by atoms with Gasteiger partial charge in [0.05, 0.1) is 66.4 Å². The van der Waals surface area contributed by atoms with Gasteiger partial charge in [-0.2, -0.15) is 15.8 Å². The van der Waals surface area contributed by atoms with Gasteiger partial charge in [-0.3, -0.25) is 0 Å². The van der Waals surface area contributed by atoms with Gasteiger partial charge in [-0.1, -0.05) is 109 Å². The summed E-state index contributed by atoms with van der Waals surface area (Å²) >= 11 is 0. The monoisotopic (exact) mass is 980 g/mol. The van der Waals surface area contributed by atoms with Gasteiger partial charge in [0, 0.05) is 61.3 Å². The first kappa shape index (κ1) is 42.4. The van der Waals surface area contributed by atoms with Gasteiger partial charge in [0.25, 0.3) is 6.71 Å². The van der Waals surface area contributed by atoms with Crippen molar-refractivity contribution in [1.82, 2.24) is 13.7 Å². The van der Waals surface area contributed by atoms with Crippen LogP contribution in [0.2, 0.25) is 0 Å². The SMILES string of the molecule is N#Cc1cc(C#N)c(S(=O)(=O)c2ccc(-n3c4ccccc4c4c3c3c5ccccc5n(-c5ccccc5)c3c3c5ccccc5n(-c5cc6c7c(c5)Oc5ccccc5B7c5ccccc5O6)c34)cc2)c(C#N)c1. The lowest BCUT2D eigenvalue weighted by Gasteiger charge is -2.33. The van der Waals surface area contributed by atoms with E-state index in [1.165, 1.54) is 24.3 Å². The Morgan fingerprint density at radius 3 is 1.29 bits per heavy atom. The highest BCUT2D eigenvalue weighted by molar-refractivity contribution is 7.91. The topological polar surface area (TPSA) is 139 Å². The molecule has 10 aromatic carbocycles.